The maximum atomic E-state index is 14.0. The summed E-state index contributed by atoms with van der Waals surface area (Å²) in [6.07, 6.45) is 2.54. The second-order valence-electron chi connectivity index (χ2n) is 9.85. The molecule has 8 nitrogen and oxygen atoms in total. The van der Waals surface area contributed by atoms with E-state index in [-0.39, 0.29) is 18.1 Å². The fourth-order valence-corrected chi connectivity index (χ4v) is 5.99. The van der Waals surface area contributed by atoms with Crippen LogP contribution in [0.5, 0.6) is 23.0 Å². The molecule has 1 aliphatic carbocycles. The van der Waals surface area contributed by atoms with Crippen LogP contribution in [0.3, 0.4) is 0 Å². The van der Waals surface area contributed by atoms with Crippen molar-refractivity contribution in [3.8, 4) is 23.0 Å². The maximum absolute atomic E-state index is 14.0. The van der Waals surface area contributed by atoms with Gasteiger partial charge in [0.05, 0.1) is 40.6 Å². The zero-order valence-corrected chi connectivity index (χ0v) is 25.4. The van der Waals surface area contributed by atoms with E-state index in [0.29, 0.717) is 57.3 Å². The molecule has 0 saturated carbocycles. The third-order valence-corrected chi connectivity index (χ3v) is 8.16. The lowest BCUT2D eigenvalue weighted by atomic mass is 9.71. The number of carbonyl (C=O) groups is 2. The number of allylic oxidation sites excluding steroid dienone is 3. The van der Waals surface area contributed by atoms with E-state index in [4.69, 9.17) is 23.7 Å². The van der Waals surface area contributed by atoms with Crippen LogP contribution in [-0.2, 0) is 14.3 Å². The van der Waals surface area contributed by atoms with E-state index in [1.54, 1.807) is 34.5 Å². The number of halogens is 1. The molecule has 2 aromatic carbocycles. The number of dihydropyridines is 1. The molecule has 0 bridgehead atoms. The van der Waals surface area contributed by atoms with Crippen LogP contribution in [0.4, 0.5) is 0 Å². The smallest absolute Gasteiger partial charge is 0.336 e. The molecule has 1 aliphatic heterocycles. The first-order valence-corrected chi connectivity index (χ1v) is 14.1. The molecule has 0 amide bonds. The van der Waals surface area contributed by atoms with Gasteiger partial charge in [0.15, 0.2) is 28.8 Å². The van der Waals surface area contributed by atoms with Crippen molar-refractivity contribution in [3.05, 3.63) is 68.5 Å². The highest BCUT2D eigenvalue weighted by atomic mass is 79.9. The van der Waals surface area contributed by atoms with Crippen molar-refractivity contribution < 1.29 is 33.3 Å². The van der Waals surface area contributed by atoms with E-state index in [1.165, 1.54) is 0 Å². The lowest BCUT2D eigenvalue weighted by Gasteiger charge is -2.37. The van der Waals surface area contributed by atoms with Crippen LogP contribution in [0, 0.1) is 0 Å². The zero-order valence-electron chi connectivity index (χ0n) is 23.8. The van der Waals surface area contributed by atoms with Gasteiger partial charge in [0.25, 0.3) is 0 Å². The van der Waals surface area contributed by atoms with Gasteiger partial charge in [-0.15, -0.1) is 0 Å². The standard InChI is InChI=1S/C31H36BrNO7/c1-7-8-11-40-31(35)28-17(2)33-22-12-19(18-9-10-24(36-3)25(14-18)37-4)13-23(34)30(22)29(28)20-15-26(38-5)27(39-6)16-21(20)32/h9-10,14-16,19,29,33H,7-8,11-13H2,1-6H3/t19-,29+/m1/s1. The SMILES string of the molecule is CCCCOC(=O)C1=C(C)NC2=C(C(=O)C[C@H](c3ccc(OC)c(OC)c3)C2)[C@H]1c1cc(OC)c(OC)cc1Br. The molecule has 0 unspecified atom stereocenters. The summed E-state index contributed by atoms with van der Waals surface area (Å²) in [4.78, 5) is 27.5. The summed E-state index contributed by atoms with van der Waals surface area (Å²) in [6, 6.07) is 9.37. The summed E-state index contributed by atoms with van der Waals surface area (Å²) in [5.74, 6) is 1.11. The van der Waals surface area contributed by atoms with Crippen LogP contribution in [0.2, 0.25) is 0 Å². The van der Waals surface area contributed by atoms with Crippen molar-refractivity contribution in [2.75, 3.05) is 35.0 Å². The lowest BCUT2D eigenvalue weighted by Crippen LogP contribution is -2.36. The van der Waals surface area contributed by atoms with Gasteiger partial charge in [-0.1, -0.05) is 35.3 Å². The van der Waals surface area contributed by atoms with Gasteiger partial charge in [0.2, 0.25) is 0 Å². The molecule has 40 heavy (non-hydrogen) atoms. The highest BCUT2D eigenvalue weighted by Gasteiger charge is 2.42. The number of ketones is 1. The third kappa shape index (κ3) is 5.70. The number of unbranched alkanes of at least 4 members (excludes halogenated alkanes) is 1. The molecule has 4 rings (SSSR count). The van der Waals surface area contributed by atoms with Crippen LogP contribution in [0.15, 0.2) is 57.3 Å². The number of rotatable bonds is 10. The van der Waals surface area contributed by atoms with Crippen molar-refractivity contribution in [2.24, 2.45) is 0 Å². The Morgan fingerprint density at radius 3 is 2.25 bits per heavy atom. The van der Waals surface area contributed by atoms with Gasteiger partial charge in [-0.05, 0) is 61.1 Å². The fraction of sp³-hybridized carbons (Fsp3) is 0.419. The number of nitrogens with one attached hydrogen (secondary N) is 1. The van der Waals surface area contributed by atoms with Crippen LogP contribution < -0.4 is 24.3 Å². The second kappa shape index (κ2) is 12.8. The lowest BCUT2D eigenvalue weighted by molar-refractivity contribution is -0.139. The molecule has 0 spiro atoms. The minimum Gasteiger partial charge on any atom is -0.493 e. The highest BCUT2D eigenvalue weighted by Crippen LogP contribution is 2.49. The molecule has 0 fully saturated rings. The monoisotopic (exact) mass is 613 g/mol. The van der Waals surface area contributed by atoms with Crippen molar-refractivity contribution >= 4 is 27.7 Å². The molecule has 2 aromatic rings. The molecule has 0 saturated heterocycles. The number of esters is 1. The molecule has 9 heteroatoms. The minimum atomic E-state index is -0.640. The van der Waals surface area contributed by atoms with E-state index < -0.39 is 11.9 Å². The number of hydrogen-bond donors (Lipinski definition) is 1. The quantitative estimate of drug-likeness (QED) is 0.250. The van der Waals surface area contributed by atoms with Gasteiger partial charge in [-0.25, -0.2) is 4.79 Å². The van der Waals surface area contributed by atoms with Gasteiger partial charge in [0.1, 0.15) is 0 Å². The molecule has 2 atom stereocenters. The number of carbonyl (C=O) groups excluding carboxylic acids is 2. The predicted octanol–water partition coefficient (Wildman–Crippen LogP) is 6.19. The van der Waals surface area contributed by atoms with Crippen LogP contribution in [-0.4, -0.2) is 46.8 Å². The molecule has 0 aromatic heterocycles. The number of Topliss-reactive ketones (excluding diaryl/α,β-unsaturated/α-hetero) is 1. The second-order valence-corrected chi connectivity index (χ2v) is 10.7. The Morgan fingerprint density at radius 2 is 1.60 bits per heavy atom. The van der Waals surface area contributed by atoms with E-state index >= 15 is 0 Å². The Bertz CT molecular complexity index is 1360. The Morgan fingerprint density at radius 1 is 0.950 bits per heavy atom. The van der Waals surface area contributed by atoms with Gasteiger partial charge >= 0.3 is 5.97 Å². The zero-order chi connectivity index (χ0) is 29.0. The molecule has 0 radical (unpaired) electrons. The average Bonchev–Trinajstić information content (AvgIpc) is 2.95. The van der Waals surface area contributed by atoms with E-state index in [2.05, 4.69) is 21.2 Å². The molecule has 1 heterocycles. The Labute approximate surface area is 243 Å². The highest BCUT2D eigenvalue weighted by molar-refractivity contribution is 9.10. The van der Waals surface area contributed by atoms with Crippen molar-refractivity contribution in [1.29, 1.82) is 0 Å². The molecular weight excluding hydrogens is 578 g/mol. The summed E-state index contributed by atoms with van der Waals surface area (Å²) >= 11 is 3.67. The van der Waals surface area contributed by atoms with Crippen molar-refractivity contribution in [3.63, 3.8) is 0 Å². The van der Waals surface area contributed by atoms with E-state index in [9.17, 15) is 9.59 Å². The number of ether oxygens (including phenoxy) is 5. The summed E-state index contributed by atoms with van der Waals surface area (Å²) in [5.41, 5.74) is 4.15. The molecule has 1 N–H and O–H groups in total. The van der Waals surface area contributed by atoms with Crippen molar-refractivity contribution in [2.45, 2.75) is 51.4 Å². The first-order valence-electron chi connectivity index (χ1n) is 13.3. The molecule has 214 valence electrons. The minimum absolute atomic E-state index is 0.0356. The van der Waals surface area contributed by atoms with Gasteiger partial charge in [-0.3, -0.25) is 4.79 Å². The fourth-order valence-electron chi connectivity index (χ4n) is 5.44. The number of hydrogen-bond acceptors (Lipinski definition) is 8. The molecular formula is C31H36BrNO7. The largest absolute Gasteiger partial charge is 0.493 e. The summed E-state index contributed by atoms with van der Waals surface area (Å²) in [7, 11) is 6.31. The summed E-state index contributed by atoms with van der Waals surface area (Å²) in [5, 5.41) is 3.40. The van der Waals surface area contributed by atoms with Crippen LogP contribution in [0.1, 0.15) is 62.5 Å². The summed E-state index contributed by atoms with van der Waals surface area (Å²) in [6.45, 7) is 4.20. The number of methoxy groups -OCH3 is 4. The predicted molar refractivity (Wildman–Crippen MR) is 155 cm³/mol. The molecule has 2 aliphatic rings. The van der Waals surface area contributed by atoms with Gasteiger partial charge < -0.3 is 29.0 Å². The van der Waals surface area contributed by atoms with E-state index in [0.717, 1.165) is 29.7 Å². The van der Waals surface area contributed by atoms with Crippen molar-refractivity contribution in [1.82, 2.24) is 5.32 Å². The normalized spacial score (nSPS) is 18.6. The Balaban J connectivity index is 1.82. The third-order valence-electron chi connectivity index (χ3n) is 7.47. The first-order chi connectivity index (χ1) is 19.3. The number of benzene rings is 2. The van der Waals surface area contributed by atoms with Crippen LogP contribution in [0.25, 0.3) is 0 Å². The van der Waals surface area contributed by atoms with Crippen LogP contribution >= 0.6 is 15.9 Å². The van der Waals surface area contributed by atoms with Gasteiger partial charge in [0, 0.05) is 33.8 Å². The first kappa shape index (κ1) is 29.5. The maximum Gasteiger partial charge on any atom is 0.336 e. The Kier molecular flexibility index (Phi) is 9.45. The average molecular weight is 615 g/mol. The topological polar surface area (TPSA) is 92.3 Å². The van der Waals surface area contributed by atoms with E-state index in [1.807, 2.05) is 38.1 Å². The van der Waals surface area contributed by atoms with Gasteiger partial charge in [-0.2, -0.15) is 0 Å². The summed E-state index contributed by atoms with van der Waals surface area (Å²) < 4.78 is 28.3. The Hall–Kier alpha value is -3.46.